The predicted octanol–water partition coefficient (Wildman–Crippen LogP) is 3.60. The molecule has 2 aromatic carbocycles. The zero-order valence-electron chi connectivity index (χ0n) is 13.8. The van der Waals surface area contributed by atoms with Gasteiger partial charge in [-0.2, -0.15) is 0 Å². The van der Waals surface area contributed by atoms with E-state index in [1.165, 1.54) is 0 Å². The first kappa shape index (κ1) is 15.5. The Labute approximate surface area is 136 Å². The first-order valence-electron chi connectivity index (χ1n) is 7.71. The summed E-state index contributed by atoms with van der Waals surface area (Å²) in [7, 11) is 0. The van der Waals surface area contributed by atoms with Gasteiger partial charge in [-0.1, -0.05) is 59.7 Å². The number of hydrogen-bond acceptors (Lipinski definition) is 3. The SMILES string of the molecule is Cc1ccc([C@@]2(C)C(=O)OC(=O)[C@]2(C)c2ccc(C)cc2)cc1. The lowest BCUT2D eigenvalue weighted by Gasteiger charge is -2.35. The van der Waals surface area contributed by atoms with Crippen LogP contribution in [0.25, 0.3) is 0 Å². The Balaban J connectivity index is 2.23. The molecular weight excluding hydrogens is 288 g/mol. The molecule has 0 amide bonds. The highest BCUT2D eigenvalue weighted by Gasteiger charge is 2.64. The molecular formula is C20H20O3. The summed E-state index contributed by atoms with van der Waals surface area (Å²) in [5.74, 6) is -0.983. The third-order valence-electron chi connectivity index (χ3n) is 5.26. The number of esters is 2. The maximum absolute atomic E-state index is 12.6. The van der Waals surface area contributed by atoms with Crippen LogP contribution in [0.15, 0.2) is 48.5 Å². The summed E-state index contributed by atoms with van der Waals surface area (Å²) in [6.07, 6.45) is 0. The summed E-state index contributed by atoms with van der Waals surface area (Å²) in [4.78, 5) is 25.2. The van der Waals surface area contributed by atoms with Crippen LogP contribution >= 0.6 is 0 Å². The van der Waals surface area contributed by atoms with Crippen molar-refractivity contribution < 1.29 is 14.3 Å². The molecule has 0 saturated carbocycles. The van der Waals surface area contributed by atoms with Crippen molar-refractivity contribution in [3.63, 3.8) is 0 Å². The zero-order chi connectivity index (χ0) is 16.8. The van der Waals surface area contributed by atoms with E-state index in [1.807, 2.05) is 62.4 Å². The third-order valence-corrected chi connectivity index (χ3v) is 5.26. The van der Waals surface area contributed by atoms with Gasteiger partial charge in [0.15, 0.2) is 0 Å². The molecule has 2 atom stereocenters. The Kier molecular flexibility index (Phi) is 3.40. The van der Waals surface area contributed by atoms with Gasteiger partial charge in [0, 0.05) is 0 Å². The smallest absolute Gasteiger partial charge is 0.325 e. The minimum atomic E-state index is -1.05. The second-order valence-corrected chi connectivity index (χ2v) is 6.66. The second-order valence-electron chi connectivity index (χ2n) is 6.66. The van der Waals surface area contributed by atoms with Crippen LogP contribution in [0.5, 0.6) is 0 Å². The molecule has 1 aliphatic rings. The molecule has 0 bridgehead atoms. The van der Waals surface area contributed by atoms with Crippen molar-refractivity contribution in [2.75, 3.05) is 0 Å². The summed E-state index contributed by atoms with van der Waals surface area (Å²) in [6, 6.07) is 15.4. The lowest BCUT2D eigenvalue weighted by atomic mass is 9.60. The van der Waals surface area contributed by atoms with Crippen LogP contribution in [0, 0.1) is 13.8 Å². The average Bonchev–Trinajstić information content (AvgIpc) is 2.71. The van der Waals surface area contributed by atoms with E-state index in [-0.39, 0.29) is 0 Å². The molecule has 3 nitrogen and oxygen atoms in total. The van der Waals surface area contributed by atoms with Crippen molar-refractivity contribution in [2.24, 2.45) is 0 Å². The Morgan fingerprint density at radius 2 is 0.957 bits per heavy atom. The van der Waals surface area contributed by atoms with Gasteiger partial charge in [-0.15, -0.1) is 0 Å². The van der Waals surface area contributed by atoms with Gasteiger partial charge in [-0.25, -0.2) is 0 Å². The Bertz CT molecular complexity index is 706. The normalized spacial score (nSPS) is 27.1. The number of rotatable bonds is 2. The lowest BCUT2D eigenvalue weighted by Crippen LogP contribution is -2.47. The van der Waals surface area contributed by atoms with Crippen LogP contribution in [0.2, 0.25) is 0 Å². The van der Waals surface area contributed by atoms with E-state index in [0.717, 1.165) is 22.3 Å². The molecule has 3 rings (SSSR count). The topological polar surface area (TPSA) is 43.4 Å². The van der Waals surface area contributed by atoms with E-state index in [1.54, 1.807) is 13.8 Å². The van der Waals surface area contributed by atoms with Gasteiger partial charge in [0.05, 0.1) is 0 Å². The van der Waals surface area contributed by atoms with Gasteiger partial charge in [0.2, 0.25) is 0 Å². The second kappa shape index (κ2) is 5.05. The predicted molar refractivity (Wildman–Crippen MR) is 88.2 cm³/mol. The molecule has 118 valence electrons. The van der Waals surface area contributed by atoms with E-state index in [0.29, 0.717) is 0 Å². The van der Waals surface area contributed by atoms with E-state index in [9.17, 15) is 9.59 Å². The Morgan fingerprint density at radius 3 is 1.26 bits per heavy atom. The van der Waals surface area contributed by atoms with E-state index in [2.05, 4.69) is 0 Å². The molecule has 3 heteroatoms. The van der Waals surface area contributed by atoms with Gasteiger partial charge in [-0.3, -0.25) is 9.59 Å². The van der Waals surface area contributed by atoms with Crippen LogP contribution in [0.1, 0.15) is 36.1 Å². The minimum absolute atomic E-state index is 0.491. The number of aryl methyl sites for hydroxylation is 2. The fourth-order valence-corrected chi connectivity index (χ4v) is 3.28. The average molecular weight is 308 g/mol. The number of benzene rings is 2. The highest BCUT2D eigenvalue weighted by molar-refractivity contribution is 6.08. The summed E-state index contributed by atoms with van der Waals surface area (Å²) in [6.45, 7) is 7.57. The van der Waals surface area contributed by atoms with Crippen molar-refractivity contribution in [3.8, 4) is 0 Å². The van der Waals surface area contributed by atoms with Crippen LogP contribution in [-0.4, -0.2) is 11.9 Å². The summed E-state index contributed by atoms with van der Waals surface area (Å²) in [5.41, 5.74) is 1.70. The maximum Gasteiger partial charge on any atom is 0.325 e. The van der Waals surface area contributed by atoms with Crippen LogP contribution in [-0.2, 0) is 25.2 Å². The standard InChI is InChI=1S/C20H20O3/c1-13-5-9-15(10-6-13)19(3)17(21)23-18(22)20(19,4)16-11-7-14(2)8-12-16/h5-12H,1-4H3/t19-,20-/m0/s1. The van der Waals surface area contributed by atoms with Crippen molar-refractivity contribution in [3.05, 3.63) is 70.8 Å². The van der Waals surface area contributed by atoms with Crippen molar-refractivity contribution in [2.45, 2.75) is 38.5 Å². The van der Waals surface area contributed by atoms with Gasteiger partial charge in [0.25, 0.3) is 0 Å². The van der Waals surface area contributed by atoms with Crippen molar-refractivity contribution >= 4 is 11.9 Å². The van der Waals surface area contributed by atoms with Gasteiger partial charge in [-0.05, 0) is 38.8 Å². The lowest BCUT2D eigenvalue weighted by molar-refractivity contribution is -0.154. The molecule has 0 radical (unpaired) electrons. The fourth-order valence-electron chi connectivity index (χ4n) is 3.28. The molecule has 0 N–H and O–H groups in total. The molecule has 1 fully saturated rings. The minimum Gasteiger partial charge on any atom is -0.392 e. The highest BCUT2D eigenvalue weighted by atomic mass is 16.6. The number of carbonyl (C=O) groups excluding carboxylic acids is 2. The number of carbonyl (C=O) groups is 2. The molecule has 2 aromatic rings. The van der Waals surface area contributed by atoms with Gasteiger partial charge >= 0.3 is 11.9 Å². The number of ether oxygens (including phenoxy) is 1. The molecule has 0 spiro atoms. The quantitative estimate of drug-likeness (QED) is 0.629. The van der Waals surface area contributed by atoms with Crippen molar-refractivity contribution in [1.82, 2.24) is 0 Å². The molecule has 0 unspecified atom stereocenters. The maximum atomic E-state index is 12.6. The van der Waals surface area contributed by atoms with Gasteiger partial charge < -0.3 is 4.74 Å². The Hall–Kier alpha value is -2.42. The summed E-state index contributed by atoms with van der Waals surface area (Å²) in [5, 5.41) is 0. The first-order chi connectivity index (χ1) is 10.8. The Morgan fingerprint density at radius 1 is 0.652 bits per heavy atom. The highest BCUT2D eigenvalue weighted by Crippen LogP contribution is 2.50. The molecule has 1 heterocycles. The van der Waals surface area contributed by atoms with Crippen LogP contribution in [0.3, 0.4) is 0 Å². The van der Waals surface area contributed by atoms with E-state index < -0.39 is 22.8 Å². The fraction of sp³-hybridized carbons (Fsp3) is 0.300. The van der Waals surface area contributed by atoms with E-state index in [4.69, 9.17) is 4.74 Å². The summed E-state index contributed by atoms with van der Waals surface area (Å²) < 4.78 is 5.08. The zero-order valence-corrected chi connectivity index (χ0v) is 13.8. The number of cyclic esters (lactones) is 2. The van der Waals surface area contributed by atoms with Crippen LogP contribution in [0.4, 0.5) is 0 Å². The molecule has 23 heavy (non-hydrogen) atoms. The monoisotopic (exact) mass is 308 g/mol. The van der Waals surface area contributed by atoms with E-state index >= 15 is 0 Å². The molecule has 1 aliphatic heterocycles. The molecule has 1 saturated heterocycles. The summed E-state index contributed by atoms with van der Waals surface area (Å²) >= 11 is 0. The van der Waals surface area contributed by atoms with Gasteiger partial charge in [0.1, 0.15) is 10.8 Å². The van der Waals surface area contributed by atoms with Crippen molar-refractivity contribution in [1.29, 1.82) is 0 Å². The number of hydrogen-bond donors (Lipinski definition) is 0. The van der Waals surface area contributed by atoms with Crippen LogP contribution < -0.4 is 0 Å². The first-order valence-corrected chi connectivity index (χ1v) is 7.71. The molecule has 0 aromatic heterocycles. The molecule has 0 aliphatic carbocycles. The largest absolute Gasteiger partial charge is 0.392 e. The third kappa shape index (κ3) is 2.03.